The molecule has 2 unspecified atom stereocenters. The van der Waals surface area contributed by atoms with Crippen LogP contribution in [0, 0.1) is 39.4 Å². The quantitative estimate of drug-likeness (QED) is 0.0228. The molecule has 38 heteroatoms. The number of aliphatic hydroxyl groups is 10. The van der Waals surface area contributed by atoms with E-state index >= 15 is 0 Å². The molecule has 0 radical (unpaired) electrons. The summed E-state index contributed by atoms with van der Waals surface area (Å²) in [5.74, 6) is -0.635. The summed E-state index contributed by atoms with van der Waals surface area (Å²) < 4.78 is 186. The molecular formula is C61H100O35S3. The van der Waals surface area contributed by atoms with Crippen molar-refractivity contribution in [3.63, 3.8) is 0 Å². The predicted octanol–water partition coefficient (Wildman–Crippen LogP) is -1.45. The topological polar surface area (TPSA) is 521 Å². The number of fused-ring (bicyclic) bond motifs is 5. The largest absolute Gasteiger partial charge is 0.459 e. The molecule has 0 bridgehead atoms. The third kappa shape index (κ3) is 16.8. The SMILES string of the molecule is CO[C@@H]1[C@@H](O)[C@H](O[C@@H]2[C@@H](O)[C@H](O[C@H]3[C@H](O)[C@@H](O[C@@H]4OC[C@@H](O)[C@H](O)[C@H]4O)[C@H](O[C@H]4[C@H](O[C@H]5CC[C@]6(C)C7=CC[C@]8(C)[C@@H]([C@@](C)(O)[C@@H](CC=C(C)C)OC(C)=O)CC[C@@]8(C)C7CCC6C5(C)C)OC[C@@H](OS(=O)(=O)O)[C@@H]4O)O[C@@H]3C)O[C@H](COS(=O)(=O)O)[C@H]2O)O[C@H](COS(=O)(=O)O)[C@H]1O. The first kappa shape index (κ1) is 80.8. The maximum absolute atomic E-state index is 12.6. The van der Waals surface area contributed by atoms with E-state index in [4.69, 9.17) is 61.0 Å². The van der Waals surface area contributed by atoms with Crippen molar-refractivity contribution >= 4 is 37.2 Å². The Morgan fingerprint density at radius 2 is 1.17 bits per heavy atom. The summed E-state index contributed by atoms with van der Waals surface area (Å²) in [6.45, 7) is 15.5. The number of rotatable bonds is 24. The normalized spacial score (nSPS) is 46.0. The Bertz CT molecular complexity index is 3210. The summed E-state index contributed by atoms with van der Waals surface area (Å²) in [6, 6.07) is 0. The maximum Gasteiger partial charge on any atom is 0.397 e. The molecule has 5 aliphatic heterocycles. The minimum Gasteiger partial charge on any atom is -0.459 e. The van der Waals surface area contributed by atoms with Gasteiger partial charge in [-0.1, -0.05) is 57.9 Å². The second kappa shape index (κ2) is 30.5. The highest BCUT2D eigenvalue weighted by atomic mass is 32.3. The van der Waals surface area contributed by atoms with Crippen molar-refractivity contribution in [2.45, 2.75) is 280 Å². The fourth-order valence-electron chi connectivity index (χ4n) is 17.5. The fraction of sp³-hybridized carbons (Fsp3) is 0.918. The van der Waals surface area contributed by atoms with Crippen molar-refractivity contribution in [3.05, 3.63) is 23.3 Å². The molecule has 4 aliphatic carbocycles. The predicted molar refractivity (Wildman–Crippen MR) is 331 cm³/mol. The number of methoxy groups -OCH3 is 1. The van der Waals surface area contributed by atoms with Gasteiger partial charge in [0.1, 0.15) is 115 Å². The van der Waals surface area contributed by atoms with Crippen molar-refractivity contribution < 1.29 is 164 Å². The van der Waals surface area contributed by atoms with Crippen LogP contribution in [0.4, 0.5) is 0 Å². The first-order valence-electron chi connectivity index (χ1n) is 33.0. The van der Waals surface area contributed by atoms with Crippen LogP contribution in [0.1, 0.15) is 121 Å². The van der Waals surface area contributed by atoms with E-state index in [1.807, 2.05) is 19.9 Å². The third-order valence-electron chi connectivity index (χ3n) is 22.8. The lowest BCUT2D eigenvalue weighted by atomic mass is 9.41. The Kier molecular flexibility index (Phi) is 24.9. The number of hydrogen-bond acceptors (Lipinski definition) is 32. The molecule has 0 aromatic heterocycles. The number of aliphatic hydroxyl groups excluding tert-OH is 9. The van der Waals surface area contributed by atoms with E-state index in [9.17, 15) is 94.8 Å². The van der Waals surface area contributed by atoms with Crippen LogP contribution in [-0.4, -0.2) is 289 Å². The summed E-state index contributed by atoms with van der Waals surface area (Å²) in [7, 11) is -14.8. The van der Waals surface area contributed by atoms with E-state index in [-0.39, 0.29) is 28.6 Å². The van der Waals surface area contributed by atoms with Gasteiger partial charge in [0.15, 0.2) is 31.5 Å². The zero-order valence-corrected chi connectivity index (χ0v) is 59.3. The van der Waals surface area contributed by atoms with Crippen molar-refractivity contribution in [2.24, 2.45) is 39.4 Å². The third-order valence-corrected chi connectivity index (χ3v) is 24.2. The molecule has 32 atom stereocenters. The fourth-order valence-corrected chi connectivity index (χ4v) is 18.6. The van der Waals surface area contributed by atoms with Gasteiger partial charge in [0.05, 0.1) is 38.6 Å². The molecule has 5 heterocycles. The van der Waals surface area contributed by atoms with Crippen molar-refractivity contribution in [1.82, 2.24) is 0 Å². The van der Waals surface area contributed by atoms with E-state index in [1.165, 1.54) is 19.4 Å². The van der Waals surface area contributed by atoms with Gasteiger partial charge in [0.25, 0.3) is 0 Å². The lowest BCUT2D eigenvalue weighted by molar-refractivity contribution is -0.403. The highest BCUT2D eigenvalue weighted by Crippen LogP contribution is 2.74. The first-order chi connectivity index (χ1) is 45.8. The lowest BCUT2D eigenvalue weighted by Crippen LogP contribution is -2.68. The van der Waals surface area contributed by atoms with Gasteiger partial charge in [-0.2, -0.15) is 25.3 Å². The molecular weight excluding hydrogens is 1390 g/mol. The summed E-state index contributed by atoms with van der Waals surface area (Å²) in [6.07, 6.45) is -37.8. The van der Waals surface area contributed by atoms with Gasteiger partial charge in [-0.15, -0.1) is 0 Å². The van der Waals surface area contributed by atoms with Crippen LogP contribution in [0.5, 0.6) is 0 Å². The second-order valence-corrected chi connectivity index (χ2v) is 32.7. The number of hydrogen-bond donors (Lipinski definition) is 13. The van der Waals surface area contributed by atoms with Crippen molar-refractivity contribution in [1.29, 1.82) is 0 Å². The zero-order chi connectivity index (χ0) is 73.4. The molecule has 9 rings (SSSR count). The zero-order valence-electron chi connectivity index (χ0n) is 56.8. The number of allylic oxidation sites excluding steroid dienone is 3. The molecule has 0 amide bonds. The van der Waals surface area contributed by atoms with Gasteiger partial charge >= 0.3 is 37.2 Å². The van der Waals surface area contributed by atoms with Crippen LogP contribution in [0.25, 0.3) is 0 Å². The van der Waals surface area contributed by atoms with E-state index in [2.05, 4.69) is 49.1 Å². The number of carbonyl (C=O) groups excluding carboxylic acids is 1. The Hall–Kier alpha value is -2.28. The van der Waals surface area contributed by atoms with Crippen LogP contribution >= 0.6 is 0 Å². The highest BCUT2D eigenvalue weighted by Gasteiger charge is 2.69. The van der Waals surface area contributed by atoms with Crippen LogP contribution < -0.4 is 0 Å². The van der Waals surface area contributed by atoms with Crippen LogP contribution in [0.15, 0.2) is 23.3 Å². The van der Waals surface area contributed by atoms with E-state index in [0.717, 1.165) is 31.9 Å². The maximum atomic E-state index is 12.6. The smallest absolute Gasteiger partial charge is 0.397 e. The minimum atomic E-state index is -5.33. The van der Waals surface area contributed by atoms with E-state index in [1.54, 1.807) is 6.92 Å². The molecule has 13 N–H and O–H groups in total. The molecule has 0 aromatic rings. The number of esters is 1. The number of ether oxygens (including phenoxy) is 12. The summed E-state index contributed by atoms with van der Waals surface area (Å²) in [4.78, 5) is 12.5. The molecule has 0 aromatic carbocycles. The highest BCUT2D eigenvalue weighted by molar-refractivity contribution is 7.81. The van der Waals surface area contributed by atoms with Crippen molar-refractivity contribution in [3.8, 4) is 0 Å². The van der Waals surface area contributed by atoms with E-state index < -0.39 is 234 Å². The van der Waals surface area contributed by atoms with Gasteiger partial charge in [-0.05, 0) is 112 Å². The molecule has 0 spiro atoms. The summed E-state index contributed by atoms with van der Waals surface area (Å²) in [5.41, 5.74) is -0.796. The number of carbonyl (C=O) groups is 1. The molecule has 5 saturated heterocycles. The van der Waals surface area contributed by atoms with Crippen molar-refractivity contribution in [2.75, 3.05) is 33.5 Å². The average molecular weight is 1490 g/mol. The van der Waals surface area contributed by atoms with Crippen LogP contribution in [0.3, 0.4) is 0 Å². The Balaban J connectivity index is 0.987. The van der Waals surface area contributed by atoms with Crippen LogP contribution in [0.2, 0.25) is 0 Å². The van der Waals surface area contributed by atoms with Gasteiger partial charge in [0, 0.05) is 20.5 Å². The molecule has 35 nitrogen and oxygen atoms in total. The Morgan fingerprint density at radius 3 is 1.75 bits per heavy atom. The van der Waals surface area contributed by atoms with Gasteiger partial charge in [-0.3, -0.25) is 18.5 Å². The van der Waals surface area contributed by atoms with Gasteiger partial charge < -0.3 is 108 Å². The monoisotopic (exact) mass is 1490 g/mol. The molecule has 9 aliphatic rings. The molecule has 572 valence electrons. The average Bonchev–Trinajstić information content (AvgIpc) is 1.64. The molecule has 99 heavy (non-hydrogen) atoms. The first-order valence-corrected chi connectivity index (χ1v) is 37.1. The second-order valence-electron chi connectivity index (χ2n) is 29.5. The Morgan fingerprint density at radius 1 is 0.616 bits per heavy atom. The lowest BCUT2D eigenvalue weighted by Gasteiger charge is -2.65. The summed E-state index contributed by atoms with van der Waals surface area (Å²) >= 11 is 0. The standard InChI is InChI=1S/C61H100O35S3/c1-26(2)12-15-38(88-28(4)62)61(10,72)36-17-21-59(8)30-13-14-35-57(5,6)37(18-19-58(35,7)29(30)16-20-60(36,59)9)91-55-50(42(67)34(23-84-55)96-99(79,80)81)95-56-51(94-52-43(68)39(64)31(63)22-83-52)44(69)47(27(3)87-56)92-54-46(71)49(41(66)33(90-54)25-86-98(76,77)78)93-53-45(70)48(82-11)40(65)32(89-53)24-85-97(73,74)75/h12,16,27,30-56,63-72H,13-15,17-25H2,1-11H3,(H,73,74,75)(H,76,77,78)(H,79,80,81)/t27-,30?,31-,32-,33-,34-,35?,36+,37+,38-,39+,40-,41-,42+,43-,44+,45-,46-,47-,48+,49+,50-,51-,52+,53+,54+,55+,56+,58-,59+,60-,61-/m1/s1. The van der Waals surface area contributed by atoms with E-state index in [0.29, 0.717) is 32.1 Å². The van der Waals surface area contributed by atoms with Crippen LogP contribution in [-0.2, 0) is 105 Å². The summed E-state index contributed by atoms with van der Waals surface area (Å²) in [5, 5.41) is 115. The van der Waals surface area contributed by atoms with Gasteiger partial charge in [0.2, 0.25) is 0 Å². The van der Waals surface area contributed by atoms with Gasteiger partial charge in [-0.25, -0.2) is 12.5 Å². The minimum absolute atomic E-state index is 0.0527. The molecule has 8 fully saturated rings. The Labute approximate surface area is 575 Å². The molecule has 3 saturated carbocycles.